The van der Waals surface area contributed by atoms with E-state index in [1.165, 1.54) is 5.56 Å². The van der Waals surface area contributed by atoms with E-state index in [9.17, 15) is 4.79 Å². The second-order valence-corrected chi connectivity index (χ2v) is 6.12. The van der Waals surface area contributed by atoms with E-state index in [0.29, 0.717) is 11.6 Å². The largest absolute Gasteiger partial charge is 0.402 e. The van der Waals surface area contributed by atoms with Crippen LogP contribution in [0.4, 0.5) is 5.69 Å². The average molecular weight is 320 g/mol. The molecule has 0 radical (unpaired) electrons. The summed E-state index contributed by atoms with van der Waals surface area (Å²) in [6, 6.07) is 13.8. The van der Waals surface area contributed by atoms with Crippen molar-refractivity contribution < 1.29 is 9.53 Å². The zero-order valence-electron chi connectivity index (χ0n) is 14.3. The summed E-state index contributed by atoms with van der Waals surface area (Å²) in [5.74, 6) is -0.0563. The number of hydrogen-bond acceptors (Lipinski definition) is 4. The number of benzene rings is 2. The molecule has 0 atom stereocenters. The molecule has 0 unspecified atom stereocenters. The molecule has 122 valence electrons. The standard InChI is InChI=1S/C20H20N2O2/c1-13-5-8-16(11-14(13)2)19-21-18(20(23)24-19)12-15-6-9-17(10-7-15)22(3)4/h5-12H,1-4H3/b18-12-. The molecule has 1 heterocycles. The Hall–Kier alpha value is -2.88. The van der Waals surface area contributed by atoms with Crippen LogP contribution in [0.3, 0.4) is 0 Å². The topological polar surface area (TPSA) is 41.9 Å². The van der Waals surface area contributed by atoms with Crippen LogP contribution in [-0.4, -0.2) is 26.0 Å². The van der Waals surface area contributed by atoms with Crippen LogP contribution in [0.5, 0.6) is 0 Å². The van der Waals surface area contributed by atoms with Crippen LogP contribution in [0.2, 0.25) is 0 Å². The van der Waals surface area contributed by atoms with Gasteiger partial charge in [-0.2, -0.15) is 0 Å². The predicted octanol–water partition coefficient (Wildman–Crippen LogP) is 3.71. The third-order valence-corrected chi connectivity index (χ3v) is 4.09. The first-order valence-electron chi connectivity index (χ1n) is 7.81. The van der Waals surface area contributed by atoms with Gasteiger partial charge in [0, 0.05) is 25.3 Å². The smallest absolute Gasteiger partial charge is 0.363 e. The van der Waals surface area contributed by atoms with Gasteiger partial charge >= 0.3 is 5.97 Å². The van der Waals surface area contributed by atoms with Crippen LogP contribution in [0.15, 0.2) is 53.2 Å². The lowest BCUT2D eigenvalue weighted by atomic mass is 10.1. The van der Waals surface area contributed by atoms with E-state index in [1.54, 1.807) is 6.08 Å². The zero-order chi connectivity index (χ0) is 17.3. The molecule has 1 aliphatic rings. The molecule has 0 spiro atoms. The molecule has 0 bridgehead atoms. The average Bonchev–Trinajstić information content (AvgIpc) is 2.91. The highest BCUT2D eigenvalue weighted by molar-refractivity contribution is 6.12. The van der Waals surface area contributed by atoms with Gasteiger partial charge in [0.2, 0.25) is 5.90 Å². The van der Waals surface area contributed by atoms with E-state index in [-0.39, 0.29) is 0 Å². The maximum Gasteiger partial charge on any atom is 0.363 e. The summed E-state index contributed by atoms with van der Waals surface area (Å²) in [4.78, 5) is 18.5. The predicted molar refractivity (Wildman–Crippen MR) is 97.3 cm³/mol. The van der Waals surface area contributed by atoms with Gasteiger partial charge in [-0.25, -0.2) is 9.79 Å². The SMILES string of the molecule is Cc1ccc(C2=N/C(=C\c3ccc(N(C)C)cc3)C(=O)O2)cc1C. The van der Waals surface area contributed by atoms with Crippen LogP contribution >= 0.6 is 0 Å². The van der Waals surface area contributed by atoms with E-state index in [2.05, 4.69) is 4.99 Å². The summed E-state index contributed by atoms with van der Waals surface area (Å²) in [5, 5.41) is 0. The Morgan fingerprint density at radius 1 is 1.00 bits per heavy atom. The Morgan fingerprint density at radius 2 is 1.71 bits per heavy atom. The molecule has 2 aromatic rings. The van der Waals surface area contributed by atoms with E-state index in [4.69, 9.17) is 4.74 Å². The lowest BCUT2D eigenvalue weighted by Crippen LogP contribution is -2.08. The highest BCUT2D eigenvalue weighted by atomic mass is 16.6. The highest BCUT2D eigenvalue weighted by Gasteiger charge is 2.24. The Morgan fingerprint density at radius 3 is 2.33 bits per heavy atom. The number of ether oxygens (including phenoxy) is 1. The van der Waals surface area contributed by atoms with Gasteiger partial charge in [0.05, 0.1) is 0 Å². The van der Waals surface area contributed by atoms with Crippen molar-refractivity contribution in [2.45, 2.75) is 13.8 Å². The van der Waals surface area contributed by atoms with Crippen molar-refractivity contribution in [3.8, 4) is 0 Å². The number of aliphatic imine (C=N–C) groups is 1. The van der Waals surface area contributed by atoms with Crippen molar-refractivity contribution in [1.82, 2.24) is 0 Å². The van der Waals surface area contributed by atoms with E-state index >= 15 is 0 Å². The minimum Gasteiger partial charge on any atom is -0.402 e. The number of carbonyl (C=O) groups excluding carboxylic acids is 1. The van der Waals surface area contributed by atoms with Crippen molar-refractivity contribution in [2.24, 2.45) is 4.99 Å². The first-order chi connectivity index (χ1) is 11.4. The number of rotatable bonds is 3. The van der Waals surface area contributed by atoms with E-state index in [1.807, 2.05) is 75.3 Å². The summed E-state index contributed by atoms with van der Waals surface area (Å²) < 4.78 is 5.32. The molecule has 0 saturated heterocycles. The maximum absolute atomic E-state index is 12.1. The normalized spacial score (nSPS) is 15.4. The van der Waals surface area contributed by atoms with E-state index < -0.39 is 5.97 Å². The number of esters is 1. The second-order valence-electron chi connectivity index (χ2n) is 6.12. The fourth-order valence-electron chi connectivity index (χ4n) is 2.43. The van der Waals surface area contributed by atoms with Gasteiger partial charge in [-0.3, -0.25) is 0 Å². The third kappa shape index (κ3) is 3.23. The van der Waals surface area contributed by atoms with Crippen molar-refractivity contribution in [2.75, 3.05) is 19.0 Å². The lowest BCUT2D eigenvalue weighted by molar-refractivity contribution is -0.129. The first kappa shape index (κ1) is 16.0. The number of cyclic esters (lactones) is 1. The number of carbonyl (C=O) groups is 1. The fourth-order valence-corrected chi connectivity index (χ4v) is 2.43. The van der Waals surface area contributed by atoms with Gasteiger partial charge in [-0.15, -0.1) is 0 Å². The Balaban J connectivity index is 1.89. The van der Waals surface area contributed by atoms with Gasteiger partial charge in [0.25, 0.3) is 0 Å². The molecule has 1 aliphatic heterocycles. The van der Waals surface area contributed by atoms with Crippen molar-refractivity contribution >= 4 is 23.6 Å². The van der Waals surface area contributed by atoms with Gasteiger partial charge in [0.15, 0.2) is 5.70 Å². The summed E-state index contributed by atoms with van der Waals surface area (Å²) in [7, 11) is 3.98. The number of anilines is 1. The van der Waals surface area contributed by atoms with Gasteiger partial charge < -0.3 is 9.64 Å². The molecule has 0 aromatic heterocycles. The molecule has 0 amide bonds. The molecule has 24 heavy (non-hydrogen) atoms. The summed E-state index contributed by atoms with van der Waals surface area (Å²) >= 11 is 0. The first-order valence-corrected chi connectivity index (χ1v) is 7.81. The number of hydrogen-bond donors (Lipinski definition) is 0. The molecule has 4 heteroatoms. The molecule has 0 aliphatic carbocycles. The molecule has 4 nitrogen and oxygen atoms in total. The van der Waals surface area contributed by atoms with E-state index in [0.717, 1.165) is 22.4 Å². The summed E-state index contributed by atoms with van der Waals surface area (Å²) in [6.45, 7) is 4.07. The van der Waals surface area contributed by atoms with Crippen LogP contribution in [-0.2, 0) is 9.53 Å². The molecule has 3 rings (SSSR count). The maximum atomic E-state index is 12.1. The van der Waals surface area contributed by atoms with Crippen LogP contribution in [0, 0.1) is 13.8 Å². The monoisotopic (exact) mass is 320 g/mol. The summed E-state index contributed by atoms with van der Waals surface area (Å²) in [5.41, 5.74) is 5.49. The van der Waals surface area contributed by atoms with Crippen LogP contribution < -0.4 is 4.90 Å². The number of aryl methyl sites for hydroxylation is 2. The minimum atomic E-state index is -0.417. The van der Waals surface area contributed by atoms with Gasteiger partial charge in [-0.1, -0.05) is 18.2 Å². The summed E-state index contributed by atoms with van der Waals surface area (Å²) in [6.07, 6.45) is 1.75. The van der Waals surface area contributed by atoms with Crippen LogP contribution in [0.1, 0.15) is 22.3 Å². The third-order valence-electron chi connectivity index (χ3n) is 4.09. The molecular weight excluding hydrogens is 300 g/mol. The van der Waals surface area contributed by atoms with Gasteiger partial charge in [-0.05, 0) is 60.9 Å². The Kier molecular flexibility index (Phi) is 4.21. The molecule has 0 saturated carbocycles. The molecular formula is C20H20N2O2. The zero-order valence-corrected chi connectivity index (χ0v) is 14.3. The molecule has 0 fully saturated rings. The van der Waals surface area contributed by atoms with Crippen molar-refractivity contribution in [3.63, 3.8) is 0 Å². The van der Waals surface area contributed by atoms with Crippen molar-refractivity contribution in [3.05, 3.63) is 70.4 Å². The highest BCUT2D eigenvalue weighted by Crippen LogP contribution is 2.21. The Labute approximate surface area is 142 Å². The second kappa shape index (κ2) is 6.32. The Bertz CT molecular complexity index is 846. The van der Waals surface area contributed by atoms with Gasteiger partial charge in [0.1, 0.15) is 0 Å². The minimum absolute atomic E-state index is 0.320. The fraction of sp³-hybridized carbons (Fsp3) is 0.200. The van der Waals surface area contributed by atoms with Crippen LogP contribution in [0.25, 0.3) is 6.08 Å². The lowest BCUT2D eigenvalue weighted by Gasteiger charge is -2.11. The van der Waals surface area contributed by atoms with Crippen molar-refractivity contribution in [1.29, 1.82) is 0 Å². The quantitative estimate of drug-likeness (QED) is 0.639. The number of nitrogens with zero attached hydrogens (tertiary/aromatic N) is 2. The molecule has 0 N–H and O–H groups in total. The molecule has 2 aromatic carbocycles.